The molecule has 2 aromatic rings. The zero-order valence-corrected chi connectivity index (χ0v) is 12.6. The smallest absolute Gasteiger partial charge is 0.166 e. The van der Waals surface area contributed by atoms with Crippen LogP contribution in [-0.2, 0) is 17.6 Å². The van der Waals surface area contributed by atoms with Gasteiger partial charge in [-0.05, 0) is 36.8 Å². The molecule has 1 aliphatic rings. The van der Waals surface area contributed by atoms with Crippen LogP contribution in [0.15, 0.2) is 54.6 Å². The summed E-state index contributed by atoms with van der Waals surface area (Å²) in [4.78, 5) is 24.0. The van der Waals surface area contributed by atoms with Crippen molar-refractivity contribution in [1.29, 1.82) is 0 Å². The Morgan fingerprint density at radius 2 is 1.77 bits per heavy atom. The van der Waals surface area contributed by atoms with Crippen molar-refractivity contribution in [2.45, 2.75) is 25.7 Å². The minimum absolute atomic E-state index is 0.0196. The molecule has 2 aromatic carbocycles. The largest absolute Gasteiger partial charge is 0.303 e. The summed E-state index contributed by atoms with van der Waals surface area (Å²) in [6.07, 6.45) is 4.18. The molecule has 0 heterocycles. The number of hydrogen-bond acceptors (Lipinski definition) is 2. The van der Waals surface area contributed by atoms with E-state index in [4.69, 9.17) is 0 Å². The fourth-order valence-electron chi connectivity index (χ4n) is 3.35. The Hall–Kier alpha value is -2.22. The maximum Gasteiger partial charge on any atom is 0.166 e. The third-order valence-corrected chi connectivity index (χ3v) is 4.54. The van der Waals surface area contributed by atoms with Crippen LogP contribution in [-0.4, -0.2) is 12.1 Å². The zero-order chi connectivity index (χ0) is 15.4. The Morgan fingerprint density at radius 1 is 1.05 bits per heavy atom. The fourth-order valence-corrected chi connectivity index (χ4v) is 3.35. The molecule has 3 rings (SSSR count). The first kappa shape index (κ1) is 14.7. The second-order valence-corrected chi connectivity index (χ2v) is 6.08. The minimum Gasteiger partial charge on any atom is -0.303 e. The molecule has 0 fully saturated rings. The van der Waals surface area contributed by atoms with Crippen LogP contribution in [0.5, 0.6) is 0 Å². The van der Waals surface area contributed by atoms with Gasteiger partial charge in [-0.3, -0.25) is 4.79 Å². The quantitative estimate of drug-likeness (QED) is 0.784. The fraction of sp³-hybridized carbons (Fsp3) is 0.300. The highest BCUT2D eigenvalue weighted by atomic mass is 16.1. The van der Waals surface area contributed by atoms with Crippen LogP contribution in [0.25, 0.3) is 0 Å². The Balaban J connectivity index is 1.70. The van der Waals surface area contributed by atoms with Crippen molar-refractivity contribution in [3.8, 4) is 0 Å². The van der Waals surface area contributed by atoms with E-state index >= 15 is 0 Å². The standard InChI is InChI=1S/C20H20O2/c21-14-16(12-15-6-2-1-3-7-15)13-18-11-10-17-8-4-5-9-19(17)20(18)22/h1-9,14,16,18H,10-13H2. The van der Waals surface area contributed by atoms with Gasteiger partial charge in [-0.15, -0.1) is 0 Å². The molecule has 0 aromatic heterocycles. The third-order valence-electron chi connectivity index (χ3n) is 4.54. The van der Waals surface area contributed by atoms with E-state index in [1.807, 2.05) is 54.6 Å². The summed E-state index contributed by atoms with van der Waals surface area (Å²) in [5.74, 6) is 0.109. The number of carbonyl (C=O) groups excluding carboxylic acids is 2. The summed E-state index contributed by atoms with van der Waals surface area (Å²) in [6, 6.07) is 17.9. The zero-order valence-electron chi connectivity index (χ0n) is 12.6. The summed E-state index contributed by atoms with van der Waals surface area (Å²) in [5, 5.41) is 0. The van der Waals surface area contributed by atoms with Gasteiger partial charge in [0.15, 0.2) is 5.78 Å². The van der Waals surface area contributed by atoms with E-state index in [1.54, 1.807) is 0 Å². The summed E-state index contributed by atoms with van der Waals surface area (Å²) in [5.41, 5.74) is 3.15. The highest BCUT2D eigenvalue weighted by Crippen LogP contribution is 2.30. The lowest BCUT2D eigenvalue weighted by molar-refractivity contribution is -0.111. The van der Waals surface area contributed by atoms with Crippen molar-refractivity contribution in [1.82, 2.24) is 0 Å². The molecular formula is C20H20O2. The number of Topliss-reactive ketones (excluding diaryl/α,β-unsaturated/α-hetero) is 1. The second-order valence-electron chi connectivity index (χ2n) is 6.08. The van der Waals surface area contributed by atoms with E-state index in [1.165, 1.54) is 0 Å². The Morgan fingerprint density at radius 3 is 2.55 bits per heavy atom. The Kier molecular flexibility index (Phi) is 4.47. The SMILES string of the molecule is O=CC(Cc1ccccc1)CC1CCc2ccccc2C1=O. The number of ketones is 1. The molecule has 0 radical (unpaired) electrons. The van der Waals surface area contributed by atoms with Gasteiger partial charge < -0.3 is 4.79 Å². The van der Waals surface area contributed by atoms with Gasteiger partial charge in [0.25, 0.3) is 0 Å². The van der Waals surface area contributed by atoms with E-state index in [9.17, 15) is 9.59 Å². The number of aryl methyl sites for hydroxylation is 1. The molecule has 0 spiro atoms. The molecule has 2 nitrogen and oxygen atoms in total. The Bertz CT molecular complexity index is 660. The molecule has 22 heavy (non-hydrogen) atoms. The first-order valence-electron chi connectivity index (χ1n) is 7.89. The highest BCUT2D eigenvalue weighted by Gasteiger charge is 2.29. The Labute approximate surface area is 131 Å². The van der Waals surface area contributed by atoms with E-state index in [0.717, 1.165) is 42.2 Å². The lowest BCUT2D eigenvalue weighted by atomic mass is 9.77. The lowest BCUT2D eigenvalue weighted by Crippen LogP contribution is -2.25. The van der Waals surface area contributed by atoms with Crippen molar-refractivity contribution in [2.75, 3.05) is 0 Å². The van der Waals surface area contributed by atoms with Gasteiger partial charge in [0.05, 0.1) is 0 Å². The number of carbonyl (C=O) groups is 2. The topological polar surface area (TPSA) is 34.1 Å². The molecule has 0 saturated carbocycles. The van der Waals surface area contributed by atoms with Crippen LogP contribution < -0.4 is 0 Å². The van der Waals surface area contributed by atoms with Crippen molar-refractivity contribution >= 4 is 12.1 Å². The first-order chi connectivity index (χ1) is 10.8. The van der Waals surface area contributed by atoms with Crippen LogP contribution in [0.1, 0.15) is 34.3 Å². The van der Waals surface area contributed by atoms with E-state index in [2.05, 4.69) is 0 Å². The van der Waals surface area contributed by atoms with Crippen molar-refractivity contribution in [3.63, 3.8) is 0 Å². The molecular weight excluding hydrogens is 272 g/mol. The van der Waals surface area contributed by atoms with Crippen molar-refractivity contribution in [2.24, 2.45) is 11.8 Å². The van der Waals surface area contributed by atoms with Crippen LogP contribution in [0.4, 0.5) is 0 Å². The molecule has 2 heteroatoms. The van der Waals surface area contributed by atoms with Gasteiger partial charge in [-0.25, -0.2) is 0 Å². The average molecular weight is 292 g/mol. The summed E-state index contributed by atoms with van der Waals surface area (Å²) in [7, 11) is 0. The van der Waals surface area contributed by atoms with Gasteiger partial charge >= 0.3 is 0 Å². The third kappa shape index (κ3) is 3.16. The number of benzene rings is 2. The maximum absolute atomic E-state index is 12.6. The lowest BCUT2D eigenvalue weighted by Gasteiger charge is -2.25. The van der Waals surface area contributed by atoms with Crippen molar-refractivity contribution < 1.29 is 9.59 Å². The van der Waals surface area contributed by atoms with Gasteiger partial charge in [-0.2, -0.15) is 0 Å². The predicted molar refractivity (Wildman–Crippen MR) is 86.9 cm³/mol. The van der Waals surface area contributed by atoms with E-state index in [-0.39, 0.29) is 17.6 Å². The van der Waals surface area contributed by atoms with Crippen LogP contribution in [0.2, 0.25) is 0 Å². The van der Waals surface area contributed by atoms with Gasteiger partial charge in [-0.1, -0.05) is 54.6 Å². The molecule has 0 bridgehead atoms. The van der Waals surface area contributed by atoms with Crippen LogP contribution in [0, 0.1) is 11.8 Å². The monoisotopic (exact) mass is 292 g/mol. The minimum atomic E-state index is -0.0818. The number of fused-ring (bicyclic) bond motifs is 1. The molecule has 0 saturated heterocycles. The first-order valence-corrected chi connectivity index (χ1v) is 7.89. The predicted octanol–water partition coefficient (Wildman–Crippen LogP) is 3.88. The average Bonchev–Trinajstić information content (AvgIpc) is 2.58. The summed E-state index contributed by atoms with van der Waals surface area (Å²) in [6.45, 7) is 0. The van der Waals surface area contributed by atoms with Gasteiger partial charge in [0.1, 0.15) is 6.29 Å². The highest BCUT2D eigenvalue weighted by molar-refractivity contribution is 6.00. The second kappa shape index (κ2) is 6.69. The molecule has 0 aliphatic heterocycles. The van der Waals surface area contributed by atoms with Crippen LogP contribution in [0.3, 0.4) is 0 Å². The van der Waals surface area contributed by atoms with E-state index in [0.29, 0.717) is 6.42 Å². The molecule has 0 N–H and O–H groups in total. The normalized spacial score (nSPS) is 18.5. The summed E-state index contributed by atoms with van der Waals surface area (Å²) >= 11 is 0. The maximum atomic E-state index is 12.6. The number of aldehydes is 1. The number of rotatable bonds is 5. The molecule has 2 unspecified atom stereocenters. The number of hydrogen-bond donors (Lipinski definition) is 0. The molecule has 0 amide bonds. The summed E-state index contributed by atoms with van der Waals surface area (Å²) < 4.78 is 0. The van der Waals surface area contributed by atoms with E-state index < -0.39 is 0 Å². The molecule has 1 aliphatic carbocycles. The van der Waals surface area contributed by atoms with Crippen LogP contribution >= 0.6 is 0 Å². The van der Waals surface area contributed by atoms with Crippen molar-refractivity contribution in [3.05, 3.63) is 71.3 Å². The van der Waals surface area contributed by atoms with Gasteiger partial charge in [0, 0.05) is 17.4 Å². The molecule has 112 valence electrons. The molecule has 2 atom stereocenters. The van der Waals surface area contributed by atoms with Gasteiger partial charge in [0.2, 0.25) is 0 Å².